The zero-order chi connectivity index (χ0) is 25.3. The highest BCUT2D eigenvalue weighted by atomic mass is 16.6. The van der Waals surface area contributed by atoms with Gasteiger partial charge in [-0.3, -0.25) is 9.59 Å². The molecule has 0 radical (unpaired) electrons. The van der Waals surface area contributed by atoms with Crippen molar-refractivity contribution in [3.05, 3.63) is 36.0 Å². The number of para-hydroxylation sites is 1. The van der Waals surface area contributed by atoms with Crippen LogP contribution in [0.1, 0.15) is 57.4 Å². The standard InChI is InChI=1S/C28H37N3O5/c1-28(26(33)29-9-5-8-24(32)35-2,15-21-16-30-23-7-4-3-6-22(21)23)31-27(34)36-25-19-11-17-10-18(13-19)14-20(25)12-17/h3-4,6-7,16-20,25,30H,5,8-15H2,1-2H3,(H,29,33)(H,31,34). The van der Waals surface area contributed by atoms with Crippen molar-refractivity contribution in [3.63, 3.8) is 0 Å². The Morgan fingerprint density at radius 2 is 1.75 bits per heavy atom. The molecule has 4 aliphatic carbocycles. The fourth-order valence-electron chi connectivity index (χ4n) is 7.02. The number of aromatic amines is 1. The van der Waals surface area contributed by atoms with Gasteiger partial charge < -0.3 is 25.1 Å². The van der Waals surface area contributed by atoms with Crippen molar-refractivity contribution in [1.29, 1.82) is 0 Å². The topological polar surface area (TPSA) is 110 Å². The van der Waals surface area contributed by atoms with Gasteiger partial charge in [-0.15, -0.1) is 0 Å². The van der Waals surface area contributed by atoms with E-state index in [1.807, 2.05) is 30.5 Å². The monoisotopic (exact) mass is 495 g/mol. The minimum absolute atomic E-state index is 0.0572. The number of nitrogens with one attached hydrogen (secondary N) is 3. The maximum absolute atomic E-state index is 13.4. The highest BCUT2D eigenvalue weighted by Gasteiger charge is 2.50. The summed E-state index contributed by atoms with van der Waals surface area (Å²) >= 11 is 0. The molecule has 3 N–H and O–H groups in total. The first-order valence-corrected chi connectivity index (χ1v) is 13.2. The van der Waals surface area contributed by atoms with Gasteiger partial charge in [0, 0.05) is 36.5 Å². The van der Waals surface area contributed by atoms with Gasteiger partial charge in [-0.05, 0) is 80.8 Å². The van der Waals surface area contributed by atoms with Crippen LogP contribution in [0.2, 0.25) is 0 Å². The highest BCUT2D eigenvalue weighted by Crippen LogP contribution is 2.54. The van der Waals surface area contributed by atoms with Crippen LogP contribution in [0.3, 0.4) is 0 Å². The molecule has 1 aromatic heterocycles. The molecule has 2 amide bonds. The second-order valence-electron chi connectivity index (χ2n) is 11.2. The molecule has 0 aliphatic heterocycles. The second kappa shape index (κ2) is 10.1. The molecule has 4 bridgehead atoms. The van der Waals surface area contributed by atoms with Gasteiger partial charge in [-0.1, -0.05) is 18.2 Å². The Morgan fingerprint density at radius 1 is 1.06 bits per heavy atom. The van der Waals surface area contributed by atoms with Crippen molar-refractivity contribution in [2.24, 2.45) is 23.7 Å². The number of ether oxygens (including phenoxy) is 2. The van der Waals surface area contributed by atoms with Crippen LogP contribution in [0, 0.1) is 23.7 Å². The highest BCUT2D eigenvalue weighted by molar-refractivity contribution is 5.91. The third kappa shape index (κ3) is 5.08. The third-order valence-electron chi connectivity index (χ3n) is 8.55. The van der Waals surface area contributed by atoms with Crippen LogP contribution in [-0.2, 0) is 25.5 Å². The Kier molecular flexibility index (Phi) is 6.95. The molecule has 4 saturated carbocycles. The van der Waals surface area contributed by atoms with Crippen molar-refractivity contribution in [2.75, 3.05) is 13.7 Å². The van der Waals surface area contributed by atoms with E-state index in [4.69, 9.17) is 4.74 Å². The summed E-state index contributed by atoms with van der Waals surface area (Å²) in [5, 5.41) is 6.85. The van der Waals surface area contributed by atoms with E-state index in [1.165, 1.54) is 13.5 Å². The Balaban J connectivity index is 1.28. The molecule has 1 atom stereocenters. The Hall–Kier alpha value is -3.03. The summed E-state index contributed by atoms with van der Waals surface area (Å²) in [6.45, 7) is 2.05. The van der Waals surface area contributed by atoms with Gasteiger partial charge >= 0.3 is 12.1 Å². The second-order valence-corrected chi connectivity index (χ2v) is 11.2. The van der Waals surface area contributed by atoms with Crippen molar-refractivity contribution in [3.8, 4) is 0 Å². The largest absolute Gasteiger partial charge is 0.469 e. The average molecular weight is 496 g/mol. The third-order valence-corrected chi connectivity index (χ3v) is 8.55. The lowest BCUT2D eigenvalue weighted by atomic mass is 9.55. The molecule has 6 rings (SSSR count). The molecular formula is C28H37N3O5. The van der Waals surface area contributed by atoms with E-state index >= 15 is 0 Å². The number of hydrogen-bond acceptors (Lipinski definition) is 5. The van der Waals surface area contributed by atoms with Gasteiger partial charge in [-0.2, -0.15) is 0 Å². The van der Waals surface area contributed by atoms with Gasteiger partial charge in [-0.25, -0.2) is 4.79 Å². The summed E-state index contributed by atoms with van der Waals surface area (Å²) in [6, 6.07) is 7.90. The first-order chi connectivity index (χ1) is 17.3. The Bertz CT molecular complexity index is 1100. The number of amides is 2. The number of alkyl carbamates (subject to hydrolysis) is 1. The first-order valence-electron chi connectivity index (χ1n) is 13.2. The number of aromatic nitrogens is 1. The smallest absolute Gasteiger partial charge is 0.408 e. The molecule has 1 unspecified atom stereocenters. The molecule has 0 spiro atoms. The summed E-state index contributed by atoms with van der Waals surface area (Å²) in [4.78, 5) is 41.3. The number of hydrogen-bond donors (Lipinski definition) is 3. The molecule has 4 aliphatic rings. The number of esters is 1. The molecule has 2 aromatic rings. The predicted octanol–water partition coefficient (Wildman–Crippen LogP) is 4.09. The molecule has 36 heavy (non-hydrogen) atoms. The van der Waals surface area contributed by atoms with Crippen LogP contribution in [0.15, 0.2) is 30.5 Å². The van der Waals surface area contributed by atoms with E-state index in [1.54, 1.807) is 6.92 Å². The summed E-state index contributed by atoms with van der Waals surface area (Å²) in [5.74, 6) is 1.84. The molecule has 0 saturated heterocycles. The van der Waals surface area contributed by atoms with Crippen molar-refractivity contribution in [1.82, 2.24) is 15.6 Å². The van der Waals surface area contributed by atoms with E-state index in [2.05, 4.69) is 20.4 Å². The lowest BCUT2D eigenvalue weighted by molar-refractivity contribution is -0.140. The molecular weight excluding hydrogens is 458 g/mol. The zero-order valence-electron chi connectivity index (χ0n) is 21.2. The Morgan fingerprint density at radius 3 is 2.44 bits per heavy atom. The number of fused-ring (bicyclic) bond motifs is 1. The van der Waals surface area contributed by atoms with E-state index in [9.17, 15) is 14.4 Å². The molecule has 1 heterocycles. The van der Waals surface area contributed by atoms with Gasteiger partial charge in [0.05, 0.1) is 7.11 Å². The van der Waals surface area contributed by atoms with E-state index in [-0.39, 0.29) is 24.4 Å². The van der Waals surface area contributed by atoms with Gasteiger partial charge in [0.25, 0.3) is 0 Å². The summed E-state index contributed by atoms with van der Waals surface area (Å²) in [7, 11) is 1.35. The van der Waals surface area contributed by atoms with Gasteiger partial charge in [0.1, 0.15) is 11.6 Å². The molecule has 1 aromatic carbocycles. The number of carbonyl (C=O) groups is 3. The Labute approximate surface area is 211 Å². The fraction of sp³-hybridized carbons (Fsp3) is 0.607. The van der Waals surface area contributed by atoms with E-state index < -0.39 is 11.6 Å². The molecule has 8 heteroatoms. The van der Waals surface area contributed by atoms with Crippen molar-refractivity contribution < 1.29 is 23.9 Å². The van der Waals surface area contributed by atoms with Crippen LogP contribution < -0.4 is 10.6 Å². The summed E-state index contributed by atoms with van der Waals surface area (Å²) in [5.41, 5.74) is 0.691. The fourth-order valence-corrected chi connectivity index (χ4v) is 7.02. The molecule has 194 valence electrons. The number of methoxy groups -OCH3 is 1. The quantitative estimate of drug-likeness (QED) is 0.359. The van der Waals surface area contributed by atoms with Gasteiger partial charge in [0.2, 0.25) is 5.91 Å². The summed E-state index contributed by atoms with van der Waals surface area (Å²) in [6.07, 6.45) is 8.22. The van der Waals surface area contributed by atoms with Crippen molar-refractivity contribution in [2.45, 2.75) is 69.9 Å². The number of H-pyrrole nitrogens is 1. The number of carbonyl (C=O) groups excluding carboxylic acids is 3. The number of rotatable bonds is 9. The SMILES string of the molecule is COC(=O)CCCNC(=O)C(C)(Cc1c[nH]c2ccccc12)NC(=O)OC1C2CC3CC(C2)CC1C3. The lowest BCUT2D eigenvalue weighted by Crippen LogP contribution is -2.59. The van der Waals surface area contributed by atoms with Gasteiger partial charge in [0.15, 0.2) is 0 Å². The first kappa shape index (κ1) is 24.7. The normalized spacial score (nSPS) is 27.9. The maximum atomic E-state index is 13.4. The van der Waals surface area contributed by atoms with E-state index in [0.717, 1.165) is 54.0 Å². The van der Waals surface area contributed by atoms with E-state index in [0.29, 0.717) is 31.2 Å². The minimum atomic E-state index is -1.22. The zero-order valence-corrected chi connectivity index (χ0v) is 21.2. The predicted molar refractivity (Wildman–Crippen MR) is 135 cm³/mol. The van der Waals surface area contributed by atoms with Crippen LogP contribution in [0.25, 0.3) is 10.9 Å². The number of benzene rings is 1. The van der Waals surface area contributed by atoms with Crippen LogP contribution in [-0.4, -0.2) is 48.3 Å². The van der Waals surface area contributed by atoms with Crippen LogP contribution in [0.4, 0.5) is 4.79 Å². The lowest BCUT2D eigenvalue weighted by Gasteiger charge is -2.53. The van der Waals surface area contributed by atoms with Crippen LogP contribution >= 0.6 is 0 Å². The summed E-state index contributed by atoms with van der Waals surface area (Å²) < 4.78 is 10.7. The van der Waals surface area contributed by atoms with Crippen molar-refractivity contribution >= 4 is 28.9 Å². The minimum Gasteiger partial charge on any atom is -0.469 e. The maximum Gasteiger partial charge on any atom is 0.408 e. The molecule has 8 nitrogen and oxygen atoms in total. The van der Waals surface area contributed by atoms with Crippen LogP contribution in [0.5, 0.6) is 0 Å². The molecule has 4 fully saturated rings. The average Bonchev–Trinajstić information content (AvgIpc) is 3.25.